The molecule has 1 aromatic carbocycles. The second-order valence-corrected chi connectivity index (χ2v) is 4.17. The predicted octanol–water partition coefficient (Wildman–Crippen LogP) is 2.66. The molecule has 0 spiro atoms. The molecule has 16 heavy (non-hydrogen) atoms. The summed E-state index contributed by atoms with van der Waals surface area (Å²) < 4.78 is 5.62. The molecular weight excluding hydrogens is 204 g/mol. The average Bonchev–Trinajstić information content (AvgIpc) is 3.06. The summed E-state index contributed by atoms with van der Waals surface area (Å²) in [5.74, 6) is 0.0744. The first-order valence-electron chi connectivity index (χ1n) is 5.68. The first kappa shape index (κ1) is 11.0. The van der Waals surface area contributed by atoms with Gasteiger partial charge in [-0.25, -0.2) is 0 Å². The number of carboxylic acid groups (broad SMARTS) is 1. The molecular formula is C13H16O3. The van der Waals surface area contributed by atoms with E-state index in [0.29, 0.717) is 6.61 Å². The number of carboxylic acids is 1. The lowest BCUT2D eigenvalue weighted by Crippen LogP contribution is -2.01. The first-order valence-corrected chi connectivity index (χ1v) is 5.68. The number of hydrogen-bond donors (Lipinski definition) is 1. The van der Waals surface area contributed by atoms with E-state index in [1.807, 2.05) is 24.3 Å². The fraction of sp³-hybridized carbons (Fsp3) is 0.462. The number of aliphatic carboxylic acids is 1. The van der Waals surface area contributed by atoms with Gasteiger partial charge in [0.1, 0.15) is 5.75 Å². The van der Waals surface area contributed by atoms with Crippen molar-refractivity contribution in [1.82, 2.24) is 0 Å². The third-order valence-corrected chi connectivity index (χ3v) is 2.89. The zero-order valence-electron chi connectivity index (χ0n) is 9.35. The topological polar surface area (TPSA) is 46.5 Å². The van der Waals surface area contributed by atoms with Gasteiger partial charge in [0.25, 0.3) is 0 Å². The third-order valence-electron chi connectivity index (χ3n) is 2.89. The van der Waals surface area contributed by atoms with Crippen molar-refractivity contribution in [3.05, 3.63) is 29.8 Å². The molecule has 0 amide bonds. The normalized spacial score (nSPS) is 22.8. The molecule has 86 valence electrons. The van der Waals surface area contributed by atoms with E-state index in [1.165, 1.54) is 0 Å². The zero-order chi connectivity index (χ0) is 11.5. The van der Waals surface area contributed by atoms with Gasteiger partial charge in [-0.15, -0.1) is 0 Å². The van der Waals surface area contributed by atoms with Gasteiger partial charge in [-0.05, 0) is 24.5 Å². The maximum Gasteiger partial charge on any atom is 0.307 e. The molecule has 2 atom stereocenters. The molecule has 1 aliphatic carbocycles. The Morgan fingerprint density at radius 2 is 2.25 bits per heavy atom. The number of rotatable bonds is 5. The molecule has 1 aliphatic rings. The molecule has 1 unspecified atom stereocenters. The Labute approximate surface area is 95.0 Å². The SMILES string of the molecule is CCCOc1ccccc1C1C[C@@H]1C(=O)O. The molecule has 2 rings (SSSR count). The summed E-state index contributed by atoms with van der Waals surface area (Å²) in [7, 11) is 0. The van der Waals surface area contributed by atoms with E-state index in [4.69, 9.17) is 9.84 Å². The van der Waals surface area contributed by atoms with Gasteiger partial charge in [-0.2, -0.15) is 0 Å². The van der Waals surface area contributed by atoms with Crippen LogP contribution in [0.15, 0.2) is 24.3 Å². The number of para-hydroxylation sites is 1. The minimum atomic E-state index is -0.699. The summed E-state index contributed by atoms with van der Waals surface area (Å²) in [4.78, 5) is 10.8. The molecule has 1 N–H and O–H groups in total. The third kappa shape index (κ3) is 2.18. The molecule has 0 aliphatic heterocycles. The van der Waals surface area contributed by atoms with Gasteiger partial charge < -0.3 is 9.84 Å². The molecule has 0 aromatic heterocycles. The van der Waals surface area contributed by atoms with Gasteiger partial charge in [-0.3, -0.25) is 4.79 Å². The van der Waals surface area contributed by atoms with Gasteiger partial charge >= 0.3 is 5.97 Å². The molecule has 1 saturated carbocycles. The quantitative estimate of drug-likeness (QED) is 0.829. The van der Waals surface area contributed by atoms with Crippen molar-refractivity contribution < 1.29 is 14.6 Å². The summed E-state index contributed by atoms with van der Waals surface area (Å²) in [6.45, 7) is 2.74. The van der Waals surface area contributed by atoms with E-state index < -0.39 is 5.97 Å². The lowest BCUT2D eigenvalue weighted by Gasteiger charge is -2.09. The van der Waals surface area contributed by atoms with Gasteiger partial charge in [0.05, 0.1) is 12.5 Å². The lowest BCUT2D eigenvalue weighted by atomic mass is 10.1. The van der Waals surface area contributed by atoms with Crippen LogP contribution in [0, 0.1) is 5.92 Å². The van der Waals surface area contributed by atoms with E-state index in [2.05, 4.69) is 6.92 Å². The Balaban J connectivity index is 2.12. The standard InChI is InChI=1S/C13H16O3/c1-2-7-16-12-6-4-3-5-9(12)10-8-11(10)13(14)15/h3-6,10-11H,2,7-8H2,1H3,(H,14,15)/t10?,11-/m0/s1. The van der Waals surface area contributed by atoms with Gasteiger partial charge in [0.2, 0.25) is 0 Å². The van der Waals surface area contributed by atoms with Crippen molar-refractivity contribution in [3.8, 4) is 5.75 Å². The molecule has 0 heterocycles. The Morgan fingerprint density at radius 3 is 2.88 bits per heavy atom. The highest BCUT2D eigenvalue weighted by molar-refractivity contribution is 5.75. The minimum absolute atomic E-state index is 0.144. The van der Waals surface area contributed by atoms with Crippen LogP contribution in [0.2, 0.25) is 0 Å². The fourth-order valence-corrected chi connectivity index (χ4v) is 1.94. The number of ether oxygens (including phenoxy) is 1. The predicted molar refractivity (Wildman–Crippen MR) is 60.7 cm³/mol. The first-order chi connectivity index (χ1) is 7.74. The summed E-state index contributed by atoms with van der Waals surface area (Å²) in [5.41, 5.74) is 1.04. The van der Waals surface area contributed by atoms with Crippen LogP contribution in [0.5, 0.6) is 5.75 Å². The Hall–Kier alpha value is -1.51. The van der Waals surface area contributed by atoms with Crippen LogP contribution in [0.4, 0.5) is 0 Å². The van der Waals surface area contributed by atoms with Crippen LogP contribution in [0.25, 0.3) is 0 Å². The molecule has 1 aromatic rings. The highest BCUT2D eigenvalue weighted by atomic mass is 16.5. The van der Waals surface area contributed by atoms with Crippen LogP contribution in [0.1, 0.15) is 31.2 Å². The highest BCUT2D eigenvalue weighted by Gasteiger charge is 2.45. The number of hydrogen-bond acceptors (Lipinski definition) is 2. The second kappa shape index (κ2) is 4.56. The maximum absolute atomic E-state index is 10.8. The van der Waals surface area contributed by atoms with Crippen molar-refractivity contribution in [2.24, 2.45) is 5.92 Å². The largest absolute Gasteiger partial charge is 0.493 e. The number of carbonyl (C=O) groups is 1. The van der Waals surface area contributed by atoms with Crippen LogP contribution in [0.3, 0.4) is 0 Å². The van der Waals surface area contributed by atoms with Crippen LogP contribution in [-0.4, -0.2) is 17.7 Å². The Kier molecular flexibility index (Phi) is 3.13. The molecule has 0 bridgehead atoms. The van der Waals surface area contributed by atoms with E-state index in [9.17, 15) is 4.79 Å². The molecule has 3 nitrogen and oxygen atoms in total. The fourth-order valence-electron chi connectivity index (χ4n) is 1.94. The molecule has 0 saturated heterocycles. The van der Waals surface area contributed by atoms with Crippen molar-refractivity contribution in [2.75, 3.05) is 6.61 Å². The van der Waals surface area contributed by atoms with E-state index >= 15 is 0 Å². The van der Waals surface area contributed by atoms with Crippen molar-refractivity contribution in [1.29, 1.82) is 0 Å². The smallest absolute Gasteiger partial charge is 0.307 e. The summed E-state index contributed by atoms with van der Waals surface area (Å²) >= 11 is 0. The lowest BCUT2D eigenvalue weighted by molar-refractivity contribution is -0.138. The summed E-state index contributed by atoms with van der Waals surface area (Å²) in [5, 5.41) is 8.91. The maximum atomic E-state index is 10.8. The number of benzene rings is 1. The zero-order valence-corrected chi connectivity index (χ0v) is 9.35. The monoisotopic (exact) mass is 220 g/mol. The molecule has 0 radical (unpaired) electrons. The van der Waals surface area contributed by atoms with Crippen LogP contribution in [-0.2, 0) is 4.79 Å². The summed E-state index contributed by atoms with van der Waals surface area (Å²) in [6, 6.07) is 7.75. The Morgan fingerprint density at radius 1 is 1.50 bits per heavy atom. The van der Waals surface area contributed by atoms with E-state index in [0.717, 1.165) is 24.2 Å². The van der Waals surface area contributed by atoms with Gasteiger partial charge in [-0.1, -0.05) is 25.1 Å². The van der Waals surface area contributed by atoms with E-state index in [-0.39, 0.29) is 11.8 Å². The summed E-state index contributed by atoms with van der Waals surface area (Å²) in [6.07, 6.45) is 1.70. The van der Waals surface area contributed by atoms with Crippen molar-refractivity contribution in [2.45, 2.75) is 25.7 Å². The molecule has 3 heteroatoms. The minimum Gasteiger partial charge on any atom is -0.493 e. The van der Waals surface area contributed by atoms with Gasteiger partial charge in [0, 0.05) is 5.92 Å². The van der Waals surface area contributed by atoms with E-state index in [1.54, 1.807) is 0 Å². The molecule has 1 fully saturated rings. The van der Waals surface area contributed by atoms with Crippen LogP contribution >= 0.6 is 0 Å². The second-order valence-electron chi connectivity index (χ2n) is 4.17. The van der Waals surface area contributed by atoms with Crippen molar-refractivity contribution >= 4 is 5.97 Å². The van der Waals surface area contributed by atoms with Gasteiger partial charge in [0.15, 0.2) is 0 Å². The van der Waals surface area contributed by atoms with Crippen molar-refractivity contribution in [3.63, 3.8) is 0 Å². The Bertz CT molecular complexity index is 387. The highest BCUT2D eigenvalue weighted by Crippen LogP contribution is 2.50. The average molecular weight is 220 g/mol. The van der Waals surface area contributed by atoms with Crippen LogP contribution < -0.4 is 4.74 Å².